The van der Waals surface area contributed by atoms with Gasteiger partial charge < -0.3 is 5.32 Å². The van der Waals surface area contributed by atoms with Crippen LogP contribution in [0.5, 0.6) is 0 Å². The lowest BCUT2D eigenvalue weighted by Gasteiger charge is -2.21. The second kappa shape index (κ2) is 6.98. The van der Waals surface area contributed by atoms with Crippen molar-refractivity contribution < 1.29 is 21.6 Å². The minimum Gasteiger partial charge on any atom is -0.352 e. The third kappa shape index (κ3) is 5.60. The Bertz CT molecular complexity index is 756. The molecule has 1 fully saturated rings. The van der Waals surface area contributed by atoms with E-state index in [-0.39, 0.29) is 34.8 Å². The summed E-state index contributed by atoms with van der Waals surface area (Å²) in [6, 6.07) is 5.96. The maximum Gasteiger partial charge on any atom is 0.238 e. The van der Waals surface area contributed by atoms with Gasteiger partial charge in [-0.2, -0.15) is 0 Å². The summed E-state index contributed by atoms with van der Waals surface area (Å²) in [4.78, 5) is 11.9. The Balaban J connectivity index is 1.81. The molecule has 1 aromatic rings. The Morgan fingerprint density at radius 3 is 2.26 bits per heavy atom. The molecular formula is C14H20N2O5S2. The number of sulfonamides is 1. The van der Waals surface area contributed by atoms with Crippen molar-refractivity contribution in [2.24, 2.45) is 11.1 Å². The van der Waals surface area contributed by atoms with Crippen molar-refractivity contribution in [3.05, 3.63) is 29.8 Å². The van der Waals surface area contributed by atoms with Crippen molar-refractivity contribution in [3.8, 4) is 0 Å². The number of hydrogen-bond donors (Lipinski definition) is 2. The minimum absolute atomic E-state index is 0.0241. The summed E-state index contributed by atoms with van der Waals surface area (Å²) in [6.45, 7) is 0.286. The van der Waals surface area contributed by atoms with Gasteiger partial charge in [0.05, 0.1) is 16.4 Å². The number of carbonyl (C=O) groups excluding carboxylic acids is 1. The first-order chi connectivity index (χ1) is 10.7. The molecule has 1 aromatic carbocycles. The number of carbonyl (C=O) groups is 1. The highest BCUT2D eigenvalue weighted by Gasteiger charge is 2.25. The second-order valence-electron chi connectivity index (χ2n) is 5.77. The van der Waals surface area contributed by atoms with Crippen LogP contribution in [-0.4, -0.2) is 34.2 Å². The fourth-order valence-electron chi connectivity index (χ4n) is 2.47. The van der Waals surface area contributed by atoms with Crippen molar-refractivity contribution in [1.82, 2.24) is 5.32 Å². The van der Waals surface area contributed by atoms with Crippen molar-refractivity contribution in [1.29, 1.82) is 0 Å². The molecule has 9 heteroatoms. The van der Waals surface area contributed by atoms with E-state index in [1.807, 2.05) is 0 Å². The van der Waals surface area contributed by atoms with Crippen molar-refractivity contribution >= 4 is 25.8 Å². The van der Waals surface area contributed by atoms with E-state index in [2.05, 4.69) is 5.32 Å². The fraction of sp³-hybridized carbons (Fsp3) is 0.500. The molecule has 0 saturated carbocycles. The average molecular weight is 360 g/mol. The Morgan fingerprint density at radius 2 is 1.74 bits per heavy atom. The van der Waals surface area contributed by atoms with E-state index in [9.17, 15) is 21.6 Å². The smallest absolute Gasteiger partial charge is 0.238 e. The highest BCUT2D eigenvalue weighted by molar-refractivity contribution is 7.91. The zero-order chi connectivity index (χ0) is 17.1. The van der Waals surface area contributed by atoms with Crippen LogP contribution in [0.15, 0.2) is 29.2 Å². The van der Waals surface area contributed by atoms with Crippen LogP contribution in [0.25, 0.3) is 0 Å². The third-order valence-corrected chi connectivity index (χ3v) is 6.53. The molecule has 23 heavy (non-hydrogen) atoms. The van der Waals surface area contributed by atoms with Crippen LogP contribution in [0.2, 0.25) is 0 Å². The van der Waals surface area contributed by atoms with Gasteiger partial charge in [-0.1, -0.05) is 12.1 Å². The number of benzene rings is 1. The van der Waals surface area contributed by atoms with Gasteiger partial charge >= 0.3 is 0 Å². The molecule has 0 atom stereocenters. The van der Waals surface area contributed by atoms with E-state index in [1.54, 1.807) is 12.1 Å². The van der Waals surface area contributed by atoms with Gasteiger partial charge in [-0.05, 0) is 36.5 Å². The molecule has 0 aliphatic carbocycles. The number of rotatable bonds is 5. The van der Waals surface area contributed by atoms with Gasteiger partial charge in [0.25, 0.3) is 0 Å². The van der Waals surface area contributed by atoms with E-state index in [4.69, 9.17) is 5.14 Å². The van der Waals surface area contributed by atoms with Crippen LogP contribution in [-0.2, 0) is 31.2 Å². The van der Waals surface area contributed by atoms with E-state index in [0.29, 0.717) is 19.3 Å². The van der Waals surface area contributed by atoms with E-state index in [1.165, 1.54) is 12.1 Å². The Kier molecular flexibility index (Phi) is 5.43. The number of amides is 1. The van der Waals surface area contributed by atoms with E-state index >= 15 is 0 Å². The molecule has 7 nitrogen and oxygen atoms in total. The number of sulfone groups is 1. The molecule has 0 radical (unpaired) electrons. The average Bonchev–Trinajstić information content (AvgIpc) is 2.47. The topological polar surface area (TPSA) is 123 Å². The standard InChI is InChI=1S/C14H20N2O5S2/c15-23(20,21)13-3-1-12(2-4-13)10-16-14(17)9-11-5-7-22(18,19)8-6-11/h1-4,11H,5-10H2,(H,16,17)(H2,15,20,21). The summed E-state index contributed by atoms with van der Waals surface area (Å²) in [5.74, 6) is 0.271. The summed E-state index contributed by atoms with van der Waals surface area (Å²) in [5, 5.41) is 7.77. The van der Waals surface area contributed by atoms with Gasteiger partial charge in [-0.25, -0.2) is 22.0 Å². The molecule has 0 bridgehead atoms. The van der Waals surface area contributed by atoms with Gasteiger partial charge in [0.15, 0.2) is 0 Å². The van der Waals surface area contributed by atoms with Gasteiger partial charge in [-0.15, -0.1) is 0 Å². The molecule has 3 N–H and O–H groups in total. The van der Waals surface area contributed by atoms with Crippen molar-refractivity contribution in [2.45, 2.75) is 30.7 Å². The zero-order valence-electron chi connectivity index (χ0n) is 12.6. The third-order valence-electron chi connectivity index (χ3n) is 3.89. The lowest BCUT2D eigenvalue weighted by Crippen LogP contribution is -2.29. The lowest BCUT2D eigenvalue weighted by molar-refractivity contribution is -0.122. The van der Waals surface area contributed by atoms with Gasteiger partial charge in [0, 0.05) is 13.0 Å². The largest absolute Gasteiger partial charge is 0.352 e. The van der Waals surface area contributed by atoms with Crippen LogP contribution in [0.4, 0.5) is 0 Å². The normalized spacial score (nSPS) is 18.5. The molecule has 0 spiro atoms. The summed E-state index contributed by atoms with van der Waals surface area (Å²) in [7, 11) is -6.63. The SMILES string of the molecule is NS(=O)(=O)c1ccc(CNC(=O)CC2CCS(=O)(=O)CC2)cc1. The predicted molar refractivity (Wildman–Crippen MR) is 85.7 cm³/mol. The molecular weight excluding hydrogens is 340 g/mol. The van der Waals surface area contributed by atoms with Gasteiger partial charge in [0.2, 0.25) is 15.9 Å². The number of hydrogen-bond acceptors (Lipinski definition) is 5. The molecule has 1 amide bonds. The first-order valence-corrected chi connectivity index (χ1v) is 10.6. The molecule has 1 saturated heterocycles. The minimum atomic E-state index is -3.72. The molecule has 0 unspecified atom stereocenters. The summed E-state index contributed by atoms with van der Waals surface area (Å²) >= 11 is 0. The summed E-state index contributed by atoms with van der Waals surface area (Å²) < 4.78 is 45.0. The maximum atomic E-state index is 11.9. The number of nitrogens with two attached hydrogens (primary N) is 1. The second-order valence-corrected chi connectivity index (χ2v) is 9.63. The maximum absolute atomic E-state index is 11.9. The van der Waals surface area contributed by atoms with Crippen LogP contribution < -0.4 is 10.5 Å². The molecule has 128 valence electrons. The zero-order valence-corrected chi connectivity index (χ0v) is 14.2. The monoisotopic (exact) mass is 360 g/mol. The quantitative estimate of drug-likeness (QED) is 0.774. The van der Waals surface area contributed by atoms with Crippen LogP contribution >= 0.6 is 0 Å². The van der Waals surface area contributed by atoms with Gasteiger partial charge in [0.1, 0.15) is 9.84 Å². The van der Waals surface area contributed by atoms with Crippen molar-refractivity contribution in [2.75, 3.05) is 11.5 Å². The first-order valence-electron chi connectivity index (χ1n) is 7.24. The Morgan fingerprint density at radius 1 is 1.17 bits per heavy atom. The van der Waals surface area contributed by atoms with E-state index in [0.717, 1.165) is 5.56 Å². The Hall–Kier alpha value is -1.45. The number of primary sulfonamides is 1. The summed E-state index contributed by atoms with van der Waals surface area (Å²) in [6.07, 6.45) is 1.36. The van der Waals surface area contributed by atoms with Crippen LogP contribution in [0.1, 0.15) is 24.8 Å². The highest BCUT2D eigenvalue weighted by atomic mass is 32.2. The highest BCUT2D eigenvalue weighted by Crippen LogP contribution is 2.21. The lowest BCUT2D eigenvalue weighted by atomic mass is 9.98. The fourth-order valence-corrected chi connectivity index (χ4v) is 4.58. The number of nitrogens with one attached hydrogen (secondary N) is 1. The van der Waals surface area contributed by atoms with E-state index < -0.39 is 19.9 Å². The Labute approximate surface area is 136 Å². The molecule has 1 heterocycles. The first kappa shape index (κ1) is 17.9. The summed E-state index contributed by atoms with van der Waals surface area (Å²) in [5.41, 5.74) is 0.761. The van der Waals surface area contributed by atoms with Crippen LogP contribution in [0.3, 0.4) is 0 Å². The van der Waals surface area contributed by atoms with Crippen molar-refractivity contribution in [3.63, 3.8) is 0 Å². The molecule has 0 aromatic heterocycles. The predicted octanol–water partition coefficient (Wildman–Crippen LogP) is 0.165. The molecule has 1 aliphatic heterocycles. The van der Waals surface area contributed by atoms with Crippen LogP contribution in [0, 0.1) is 5.92 Å². The molecule has 2 rings (SSSR count). The van der Waals surface area contributed by atoms with Gasteiger partial charge in [-0.3, -0.25) is 4.79 Å². The molecule has 1 aliphatic rings.